The molecule has 0 spiro atoms. The molecule has 4 N–H and O–H groups in total. The van der Waals surface area contributed by atoms with Gasteiger partial charge in [0.2, 0.25) is 0 Å². The average molecular weight is 687 g/mol. The van der Waals surface area contributed by atoms with Crippen LogP contribution in [0.25, 0.3) is 0 Å². The van der Waals surface area contributed by atoms with Crippen LogP contribution in [0.1, 0.15) is 85.9 Å². The summed E-state index contributed by atoms with van der Waals surface area (Å²) in [5, 5.41) is 11.7. The fraction of sp³-hybridized carbons (Fsp3) is 0.632. The average Bonchev–Trinajstić information content (AvgIpc) is 3.12. The monoisotopic (exact) mass is 686 g/mol. The number of carboxylic acid groups (broad SMARTS) is 1. The Morgan fingerprint density at radius 3 is 1.49 bits per heavy atom. The van der Waals surface area contributed by atoms with Gasteiger partial charge in [0.05, 0.1) is 18.8 Å². The van der Waals surface area contributed by atoms with Gasteiger partial charge in [-0.25, -0.2) is 4.79 Å². The van der Waals surface area contributed by atoms with Crippen LogP contribution >= 0.6 is 0 Å². The van der Waals surface area contributed by atoms with E-state index in [-0.39, 0.29) is 22.5 Å². The van der Waals surface area contributed by atoms with Crippen LogP contribution < -0.4 is 20.5 Å². The van der Waals surface area contributed by atoms with E-state index in [1.54, 1.807) is 24.3 Å². The van der Waals surface area contributed by atoms with Crippen molar-refractivity contribution in [1.29, 1.82) is 0 Å². The van der Waals surface area contributed by atoms with Crippen molar-refractivity contribution < 1.29 is 33.6 Å². The molecule has 0 atom stereocenters. The van der Waals surface area contributed by atoms with E-state index in [0.29, 0.717) is 18.7 Å². The number of hydrogen-bond donors (Lipinski definition) is 3. The Bertz CT molecular complexity index is 1190. The molecule has 2 aliphatic rings. The molecule has 0 aliphatic carbocycles. The number of likely N-dealkylation sites (N-methyl/N-ethyl adjacent to an activating group) is 2. The molecule has 2 heterocycles. The number of carboxylic acids is 1. The lowest BCUT2D eigenvalue weighted by Crippen LogP contribution is -2.55. The van der Waals surface area contributed by atoms with Gasteiger partial charge in [-0.3, -0.25) is 4.79 Å². The highest BCUT2D eigenvalue weighted by Gasteiger charge is 2.35. The highest BCUT2D eigenvalue weighted by atomic mass is 16.5. The van der Waals surface area contributed by atoms with E-state index in [0.717, 1.165) is 102 Å². The van der Waals surface area contributed by atoms with Gasteiger partial charge in [-0.2, -0.15) is 0 Å². The molecule has 2 aromatic carbocycles. The lowest BCUT2D eigenvalue weighted by Gasteiger charge is -2.42. The quantitative estimate of drug-likeness (QED) is 0.211. The van der Waals surface area contributed by atoms with Crippen LogP contribution in [0.3, 0.4) is 0 Å². The van der Waals surface area contributed by atoms with Crippen LogP contribution in [0, 0.1) is 0 Å². The molecular formula is C38H62N4O7. The number of ether oxygens (including phenoxy) is 4. The number of rotatable bonds is 15. The van der Waals surface area contributed by atoms with E-state index in [1.165, 1.54) is 0 Å². The van der Waals surface area contributed by atoms with Crippen LogP contribution in [0.2, 0.25) is 0 Å². The Morgan fingerprint density at radius 2 is 1.14 bits per heavy atom. The largest absolute Gasteiger partial charge is 0.494 e. The number of amides is 1. The maximum atomic E-state index is 12.4. The third-order valence-corrected chi connectivity index (χ3v) is 9.45. The molecule has 4 rings (SSSR count). The number of nitrogens with zero attached hydrogens (tertiary/aromatic N) is 2. The maximum absolute atomic E-state index is 12.4. The molecule has 0 unspecified atom stereocenters. The van der Waals surface area contributed by atoms with Gasteiger partial charge in [-0.05, 0) is 115 Å². The smallest absolute Gasteiger partial charge is 0.335 e. The van der Waals surface area contributed by atoms with Crippen molar-refractivity contribution >= 4 is 11.9 Å². The van der Waals surface area contributed by atoms with E-state index in [9.17, 15) is 9.59 Å². The van der Waals surface area contributed by atoms with Gasteiger partial charge in [0.1, 0.15) is 11.5 Å². The molecule has 2 aliphatic heterocycles. The van der Waals surface area contributed by atoms with Gasteiger partial charge in [-0.15, -0.1) is 0 Å². The van der Waals surface area contributed by atoms with Gasteiger partial charge < -0.3 is 44.9 Å². The normalized spacial score (nSPS) is 16.4. The number of aromatic carboxylic acids is 1. The summed E-state index contributed by atoms with van der Waals surface area (Å²) in [5.41, 5.74) is 6.88. The first kappa shape index (κ1) is 41.9. The molecular weight excluding hydrogens is 624 g/mol. The summed E-state index contributed by atoms with van der Waals surface area (Å²) in [7, 11) is 8.33. The van der Waals surface area contributed by atoms with Crippen molar-refractivity contribution in [1.82, 2.24) is 15.1 Å². The second-order valence-electron chi connectivity index (χ2n) is 13.1. The van der Waals surface area contributed by atoms with E-state index >= 15 is 0 Å². The third-order valence-electron chi connectivity index (χ3n) is 9.45. The molecule has 2 aromatic rings. The number of unbranched alkanes of at least 4 members (excludes halogenated alkanes) is 2. The fourth-order valence-electron chi connectivity index (χ4n) is 5.53. The number of hydrogen-bond acceptors (Lipinski definition) is 9. The minimum atomic E-state index is -0.912. The highest BCUT2D eigenvalue weighted by Crippen LogP contribution is 2.26. The Morgan fingerprint density at radius 1 is 0.735 bits per heavy atom. The number of carbonyl (C=O) groups excluding carboxylic acids is 1. The molecule has 49 heavy (non-hydrogen) atoms. The summed E-state index contributed by atoms with van der Waals surface area (Å²) in [5.74, 6) is 0.588. The second kappa shape index (κ2) is 22.5. The molecule has 0 saturated carbocycles. The zero-order chi connectivity index (χ0) is 36.1. The maximum Gasteiger partial charge on any atom is 0.335 e. The van der Waals surface area contributed by atoms with Crippen molar-refractivity contribution in [3.63, 3.8) is 0 Å². The fourth-order valence-corrected chi connectivity index (χ4v) is 5.53. The summed E-state index contributed by atoms with van der Waals surface area (Å²) >= 11 is 0. The van der Waals surface area contributed by atoms with Crippen molar-refractivity contribution in [2.45, 2.75) is 76.3 Å². The molecule has 1 amide bonds. The SMILES string of the molecule is CCCCOc1ccc(C(=O)NCC2(N(C)C)CCOCC2)cc1.CCCCOc1ccc(C(=O)O)cc1.CN(C)C1(CN)CCOCC1. The van der Waals surface area contributed by atoms with Crippen LogP contribution in [0.4, 0.5) is 0 Å². The molecule has 0 radical (unpaired) electrons. The number of benzene rings is 2. The van der Waals surface area contributed by atoms with Crippen LogP contribution in [0.15, 0.2) is 48.5 Å². The van der Waals surface area contributed by atoms with E-state index < -0.39 is 5.97 Å². The Balaban J connectivity index is 0.000000282. The first-order chi connectivity index (χ1) is 23.5. The molecule has 11 heteroatoms. The van der Waals surface area contributed by atoms with Gasteiger partial charge in [0.15, 0.2) is 0 Å². The topological polar surface area (TPSA) is 136 Å². The van der Waals surface area contributed by atoms with E-state index in [2.05, 4.69) is 57.2 Å². The Hall–Kier alpha value is -3.22. The van der Waals surface area contributed by atoms with Crippen molar-refractivity contribution in [2.24, 2.45) is 5.73 Å². The van der Waals surface area contributed by atoms with Crippen LogP contribution in [-0.4, -0.2) is 119 Å². The van der Waals surface area contributed by atoms with E-state index in [4.69, 9.17) is 29.8 Å². The number of carbonyl (C=O) groups is 2. The standard InChI is InChI=1S/C19H30N2O3.C11H14O3.C8H18N2O/c1-4-5-12-24-17-8-6-16(7-9-17)18(22)20-15-19(21(2)3)10-13-23-14-11-19;1-2-3-8-14-10-6-4-9(5-7-10)11(12)13;1-10(2)8(7-9)3-5-11-6-4-8/h6-9H,4-5,10-15H2,1-3H3,(H,20,22);4-7H,2-3,8H2,1H3,(H,12,13);3-7,9H2,1-2H3. The van der Waals surface area contributed by atoms with Gasteiger partial charge in [-0.1, -0.05) is 26.7 Å². The van der Waals surface area contributed by atoms with Crippen molar-refractivity contribution in [3.8, 4) is 11.5 Å². The summed E-state index contributed by atoms with van der Waals surface area (Å²) in [6, 6.07) is 13.8. The molecule has 0 bridgehead atoms. The summed E-state index contributed by atoms with van der Waals surface area (Å²) in [6.45, 7) is 10.2. The summed E-state index contributed by atoms with van der Waals surface area (Å²) in [4.78, 5) is 27.4. The van der Waals surface area contributed by atoms with Crippen LogP contribution in [0.5, 0.6) is 11.5 Å². The number of nitrogens with one attached hydrogen (secondary N) is 1. The molecule has 2 fully saturated rings. The van der Waals surface area contributed by atoms with E-state index in [1.807, 2.05) is 24.3 Å². The first-order valence-electron chi connectivity index (χ1n) is 17.7. The van der Waals surface area contributed by atoms with Crippen molar-refractivity contribution in [3.05, 3.63) is 59.7 Å². The van der Waals surface area contributed by atoms with Gasteiger partial charge in [0.25, 0.3) is 5.91 Å². The van der Waals surface area contributed by atoms with Gasteiger partial charge >= 0.3 is 5.97 Å². The molecule has 2 saturated heterocycles. The lowest BCUT2D eigenvalue weighted by atomic mass is 9.88. The molecule has 11 nitrogen and oxygen atoms in total. The zero-order valence-corrected chi connectivity index (χ0v) is 30.8. The Kier molecular flexibility index (Phi) is 19.3. The number of nitrogens with two attached hydrogens (primary N) is 1. The summed E-state index contributed by atoms with van der Waals surface area (Å²) in [6.07, 6.45) is 8.26. The van der Waals surface area contributed by atoms with Crippen molar-refractivity contribution in [2.75, 3.05) is 80.9 Å². The Labute approximate surface area is 294 Å². The lowest BCUT2D eigenvalue weighted by molar-refractivity contribution is -0.00658. The third kappa shape index (κ3) is 14.3. The highest BCUT2D eigenvalue weighted by molar-refractivity contribution is 5.94. The minimum absolute atomic E-state index is 0.0168. The molecule has 276 valence electrons. The zero-order valence-electron chi connectivity index (χ0n) is 30.8. The predicted molar refractivity (Wildman–Crippen MR) is 195 cm³/mol. The summed E-state index contributed by atoms with van der Waals surface area (Å²) < 4.78 is 21.8. The predicted octanol–water partition coefficient (Wildman–Crippen LogP) is 5.33. The first-order valence-corrected chi connectivity index (χ1v) is 17.7. The van der Waals surface area contributed by atoms with Crippen LogP contribution in [-0.2, 0) is 9.47 Å². The minimum Gasteiger partial charge on any atom is -0.494 e. The second-order valence-corrected chi connectivity index (χ2v) is 13.1. The molecule has 0 aromatic heterocycles. The van der Waals surface area contributed by atoms with Gasteiger partial charge in [0, 0.05) is 56.2 Å².